The Labute approximate surface area is 168 Å². The van der Waals surface area contributed by atoms with E-state index in [0.29, 0.717) is 30.2 Å². The summed E-state index contributed by atoms with van der Waals surface area (Å²) in [5.41, 5.74) is 1.15. The highest BCUT2D eigenvalue weighted by molar-refractivity contribution is 5.96. The molecule has 5 rings (SSSR count). The first-order chi connectivity index (χ1) is 14.0. The zero-order valence-corrected chi connectivity index (χ0v) is 16.1. The van der Waals surface area contributed by atoms with Crippen LogP contribution in [0.3, 0.4) is 0 Å². The van der Waals surface area contributed by atoms with E-state index in [2.05, 4.69) is 0 Å². The van der Waals surface area contributed by atoms with E-state index in [0.717, 1.165) is 5.56 Å². The van der Waals surface area contributed by atoms with Gasteiger partial charge in [0.2, 0.25) is 12.7 Å². The fourth-order valence-corrected chi connectivity index (χ4v) is 5.15. The van der Waals surface area contributed by atoms with E-state index in [1.54, 1.807) is 28.0 Å². The average molecular weight is 394 g/mol. The van der Waals surface area contributed by atoms with Crippen molar-refractivity contribution >= 4 is 11.8 Å². The van der Waals surface area contributed by atoms with E-state index in [4.69, 9.17) is 9.47 Å². The Morgan fingerprint density at radius 3 is 2.52 bits per heavy atom. The molecule has 2 atom stereocenters. The van der Waals surface area contributed by atoms with E-state index in [1.165, 1.54) is 6.92 Å². The molecule has 3 aliphatic rings. The third-order valence-corrected chi connectivity index (χ3v) is 6.30. The molecular weight excluding hydrogens is 372 g/mol. The van der Waals surface area contributed by atoms with Gasteiger partial charge < -0.3 is 24.4 Å². The summed E-state index contributed by atoms with van der Waals surface area (Å²) in [4.78, 5) is 28.8. The van der Waals surface area contributed by atoms with Crippen LogP contribution in [0.4, 0.5) is 0 Å². The van der Waals surface area contributed by atoms with Gasteiger partial charge >= 0.3 is 0 Å². The van der Waals surface area contributed by atoms with Crippen molar-refractivity contribution in [2.24, 2.45) is 0 Å². The predicted molar refractivity (Wildman–Crippen MR) is 104 cm³/mol. The van der Waals surface area contributed by atoms with E-state index in [1.807, 2.05) is 30.3 Å². The molecular formula is C22H22N2O5. The Morgan fingerprint density at radius 2 is 1.83 bits per heavy atom. The second-order valence-electron chi connectivity index (χ2n) is 7.86. The van der Waals surface area contributed by atoms with Crippen LogP contribution in [0, 0.1) is 0 Å². The molecule has 0 bridgehead atoms. The number of carbonyl (C=O) groups is 2. The zero-order chi connectivity index (χ0) is 20.2. The van der Waals surface area contributed by atoms with Crippen LogP contribution in [0.1, 0.15) is 28.8 Å². The molecule has 0 saturated carbocycles. The molecule has 1 N–H and O–H groups in total. The number of hydrogen-bond acceptors (Lipinski definition) is 5. The second kappa shape index (κ2) is 6.49. The number of carbonyl (C=O) groups excluding carboxylic acids is 2. The molecule has 0 unspecified atom stereocenters. The largest absolute Gasteiger partial charge is 0.454 e. The number of rotatable bonds is 3. The lowest BCUT2D eigenvalue weighted by Gasteiger charge is -2.70. The monoisotopic (exact) mass is 394 g/mol. The first kappa shape index (κ1) is 18.0. The van der Waals surface area contributed by atoms with Crippen LogP contribution < -0.4 is 9.47 Å². The highest BCUT2D eigenvalue weighted by Crippen LogP contribution is 2.54. The topological polar surface area (TPSA) is 79.3 Å². The van der Waals surface area contributed by atoms with Crippen molar-refractivity contribution in [2.75, 3.05) is 26.5 Å². The van der Waals surface area contributed by atoms with Crippen LogP contribution in [-0.2, 0) is 4.79 Å². The Balaban J connectivity index is 1.40. The number of ether oxygens (including phenoxy) is 2. The number of amides is 2. The molecule has 3 heterocycles. The summed E-state index contributed by atoms with van der Waals surface area (Å²) < 4.78 is 10.7. The lowest BCUT2D eigenvalue weighted by atomic mass is 9.60. The van der Waals surface area contributed by atoms with Crippen LogP contribution in [0.5, 0.6) is 11.5 Å². The Morgan fingerprint density at radius 1 is 1.10 bits per heavy atom. The Hall–Kier alpha value is -3.06. The van der Waals surface area contributed by atoms with Crippen molar-refractivity contribution in [3.63, 3.8) is 0 Å². The van der Waals surface area contributed by atoms with Gasteiger partial charge in [0.1, 0.15) is 0 Å². The van der Waals surface area contributed by atoms with Crippen molar-refractivity contribution in [3.8, 4) is 11.5 Å². The number of nitrogens with zero attached hydrogens (tertiary/aromatic N) is 2. The third kappa shape index (κ3) is 2.54. The molecule has 150 valence electrons. The van der Waals surface area contributed by atoms with E-state index in [9.17, 15) is 14.7 Å². The van der Waals surface area contributed by atoms with Gasteiger partial charge in [0.15, 0.2) is 11.5 Å². The maximum Gasteiger partial charge on any atom is 0.254 e. The molecule has 2 saturated heterocycles. The van der Waals surface area contributed by atoms with Crippen molar-refractivity contribution in [2.45, 2.75) is 24.4 Å². The quantitative estimate of drug-likeness (QED) is 0.856. The summed E-state index contributed by atoms with van der Waals surface area (Å²) in [6.45, 7) is 2.46. The van der Waals surface area contributed by atoms with Crippen molar-refractivity contribution in [3.05, 3.63) is 59.7 Å². The van der Waals surface area contributed by atoms with Gasteiger partial charge in [-0.1, -0.05) is 30.3 Å². The Bertz CT molecular complexity index is 970. The number of benzene rings is 2. The summed E-state index contributed by atoms with van der Waals surface area (Å²) in [5, 5.41) is 9.93. The van der Waals surface area contributed by atoms with Crippen LogP contribution >= 0.6 is 0 Å². The lowest BCUT2D eigenvalue weighted by Crippen LogP contribution is -2.85. The lowest BCUT2D eigenvalue weighted by molar-refractivity contribution is -0.191. The summed E-state index contributed by atoms with van der Waals surface area (Å²) >= 11 is 0. The number of hydrogen-bond donors (Lipinski definition) is 1. The minimum atomic E-state index is -0.466. The molecule has 0 aromatic heterocycles. The van der Waals surface area contributed by atoms with Gasteiger partial charge in [0.05, 0.1) is 18.2 Å². The molecule has 1 spiro atoms. The van der Waals surface area contributed by atoms with Gasteiger partial charge in [-0.15, -0.1) is 0 Å². The highest BCUT2D eigenvalue weighted by Gasteiger charge is 2.67. The van der Waals surface area contributed by atoms with E-state index in [-0.39, 0.29) is 37.2 Å². The predicted octanol–water partition coefficient (Wildman–Crippen LogP) is 1.62. The second-order valence-corrected chi connectivity index (χ2v) is 7.86. The number of aliphatic hydroxyl groups is 1. The van der Waals surface area contributed by atoms with E-state index >= 15 is 0 Å². The standard InChI is InChI=1S/C22H22N2O5/c1-14(26)24-17(10-25)20(15-5-3-2-4-6-15)22(24)11-23(12-22)21(27)16-7-8-18-19(9-16)29-13-28-18/h2-9,17,20,25H,10-13H2,1H3/t17-,20+/m0/s1. The van der Waals surface area contributed by atoms with Gasteiger partial charge in [-0.25, -0.2) is 0 Å². The van der Waals surface area contributed by atoms with Gasteiger partial charge in [-0.05, 0) is 23.8 Å². The van der Waals surface area contributed by atoms with Crippen LogP contribution in [0.2, 0.25) is 0 Å². The molecule has 2 aromatic rings. The highest BCUT2D eigenvalue weighted by atomic mass is 16.7. The molecule has 0 aliphatic carbocycles. The molecule has 0 radical (unpaired) electrons. The third-order valence-electron chi connectivity index (χ3n) is 6.30. The minimum absolute atomic E-state index is 0.00148. The maximum absolute atomic E-state index is 13.0. The van der Waals surface area contributed by atoms with Gasteiger partial charge in [-0.2, -0.15) is 0 Å². The van der Waals surface area contributed by atoms with Gasteiger partial charge in [0, 0.05) is 31.5 Å². The zero-order valence-electron chi connectivity index (χ0n) is 16.1. The molecule has 2 aromatic carbocycles. The van der Waals surface area contributed by atoms with E-state index < -0.39 is 5.54 Å². The minimum Gasteiger partial charge on any atom is -0.454 e. The molecule has 3 aliphatic heterocycles. The van der Waals surface area contributed by atoms with Crippen LogP contribution in [-0.4, -0.2) is 64.8 Å². The smallest absolute Gasteiger partial charge is 0.254 e. The van der Waals surface area contributed by atoms with Crippen molar-refractivity contribution in [1.29, 1.82) is 0 Å². The maximum atomic E-state index is 13.0. The molecule has 29 heavy (non-hydrogen) atoms. The fourth-order valence-electron chi connectivity index (χ4n) is 5.15. The number of fused-ring (bicyclic) bond motifs is 1. The van der Waals surface area contributed by atoms with Gasteiger partial charge in [-0.3, -0.25) is 9.59 Å². The molecule has 2 amide bonds. The number of likely N-dealkylation sites (tertiary alicyclic amines) is 2. The first-order valence-electron chi connectivity index (χ1n) is 9.70. The summed E-state index contributed by atoms with van der Waals surface area (Å²) in [5.74, 6) is 1.03. The first-order valence-corrected chi connectivity index (χ1v) is 9.70. The molecule has 7 nitrogen and oxygen atoms in total. The normalized spacial score (nSPS) is 23.5. The van der Waals surface area contributed by atoms with Crippen molar-refractivity contribution in [1.82, 2.24) is 9.80 Å². The Kier molecular flexibility index (Phi) is 4.03. The molecule has 7 heteroatoms. The number of aliphatic hydroxyl groups excluding tert-OH is 1. The summed E-state index contributed by atoms with van der Waals surface area (Å²) in [6.07, 6.45) is 0. The average Bonchev–Trinajstić information content (AvgIpc) is 3.14. The van der Waals surface area contributed by atoms with Crippen molar-refractivity contribution < 1.29 is 24.2 Å². The SMILES string of the molecule is CC(=O)N1[C@@H](CO)[C@@H](c2ccccc2)C12CN(C(=O)c1ccc3c(c1)OCO3)C2. The van der Waals surface area contributed by atoms with Gasteiger partial charge in [0.25, 0.3) is 5.91 Å². The molecule has 2 fully saturated rings. The van der Waals surface area contributed by atoms with Crippen LogP contribution in [0.25, 0.3) is 0 Å². The van der Waals surface area contributed by atoms with Crippen LogP contribution in [0.15, 0.2) is 48.5 Å². The summed E-state index contributed by atoms with van der Waals surface area (Å²) in [7, 11) is 0. The fraction of sp³-hybridized carbons (Fsp3) is 0.364. The summed E-state index contributed by atoms with van der Waals surface area (Å²) in [6, 6.07) is 14.8.